The molecule has 0 radical (unpaired) electrons. The molecule has 2 aromatic heterocycles. The number of aromatic amines is 1. The Kier molecular flexibility index (Phi) is 5.31. The van der Waals surface area contributed by atoms with Gasteiger partial charge in [-0.2, -0.15) is 0 Å². The van der Waals surface area contributed by atoms with Gasteiger partial charge in [0.2, 0.25) is 0 Å². The Morgan fingerprint density at radius 1 is 0.475 bits per heavy atom. The van der Waals surface area contributed by atoms with Gasteiger partial charge in [-0.15, -0.1) is 0 Å². The first-order chi connectivity index (χ1) is 19.1. The van der Waals surface area contributed by atoms with Gasteiger partial charge in [-0.05, 0) is 81.6 Å². The van der Waals surface area contributed by atoms with Gasteiger partial charge < -0.3 is 9.55 Å². The fourth-order valence-electron chi connectivity index (χ4n) is 6.07. The summed E-state index contributed by atoms with van der Waals surface area (Å²) in [6.45, 7) is 13.7. The molecule has 0 atom stereocenters. The number of aromatic nitrogens is 2. The minimum Gasteiger partial charge on any atom is -0.354 e. The predicted octanol–water partition coefficient (Wildman–Crippen LogP) is 10.7. The van der Waals surface area contributed by atoms with Crippen molar-refractivity contribution in [1.29, 1.82) is 0 Å². The van der Waals surface area contributed by atoms with Crippen molar-refractivity contribution in [2.24, 2.45) is 0 Å². The van der Waals surface area contributed by atoms with E-state index in [1.807, 2.05) is 0 Å². The van der Waals surface area contributed by atoms with Crippen LogP contribution in [-0.4, -0.2) is 9.55 Å². The molecule has 2 nitrogen and oxygen atoms in total. The average molecular weight is 521 g/mol. The van der Waals surface area contributed by atoms with Crippen LogP contribution < -0.4 is 0 Å². The second-order valence-electron chi connectivity index (χ2n) is 13.3. The number of benzene rings is 5. The molecule has 0 aliphatic heterocycles. The highest BCUT2D eigenvalue weighted by molar-refractivity contribution is 6.11. The maximum Gasteiger partial charge on any atom is 0.0547 e. The third-order valence-electron chi connectivity index (χ3n) is 8.44. The fraction of sp³-hybridized carbons (Fsp3) is 0.211. The Bertz CT molecular complexity index is 2060. The van der Waals surface area contributed by atoms with E-state index >= 15 is 0 Å². The molecule has 0 aliphatic rings. The molecule has 198 valence electrons. The molecule has 0 fully saturated rings. The standard InChI is InChI=1S/C38H36N2/c1-37(2,3)26-14-18-33-31(22-26)29-16-12-24(20-34(29)39-33)25-13-17-30-32-23-27(38(4,5)6)15-19-35(32)40(36(30)21-25)28-10-8-7-9-11-28/h7-23,39H,1-6H3. The third-order valence-corrected chi connectivity index (χ3v) is 8.44. The number of nitrogens with zero attached hydrogens (tertiary/aromatic N) is 1. The summed E-state index contributed by atoms with van der Waals surface area (Å²) in [6.07, 6.45) is 0. The number of rotatable bonds is 2. The van der Waals surface area contributed by atoms with Gasteiger partial charge in [-0.25, -0.2) is 0 Å². The van der Waals surface area contributed by atoms with Gasteiger partial charge in [0.1, 0.15) is 0 Å². The maximum absolute atomic E-state index is 3.68. The third kappa shape index (κ3) is 3.93. The van der Waals surface area contributed by atoms with E-state index in [1.165, 1.54) is 71.6 Å². The Morgan fingerprint density at radius 3 is 1.80 bits per heavy atom. The SMILES string of the molecule is CC(C)(C)c1ccc2[nH]c3cc(-c4ccc5c6cc(C(C)(C)C)ccc6n(-c6ccccc6)c5c4)ccc3c2c1. The van der Waals surface area contributed by atoms with Crippen LogP contribution in [0.2, 0.25) is 0 Å². The van der Waals surface area contributed by atoms with E-state index in [0.29, 0.717) is 0 Å². The van der Waals surface area contributed by atoms with Crippen molar-refractivity contribution < 1.29 is 0 Å². The number of hydrogen-bond donors (Lipinski definition) is 1. The van der Waals surface area contributed by atoms with Crippen LogP contribution in [0.4, 0.5) is 0 Å². The second kappa shape index (κ2) is 8.60. The lowest BCUT2D eigenvalue weighted by atomic mass is 9.86. The van der Waals surface area contributed by atoms with Gasteiger partial charge in [0.15, 0.2) is 0 Å². The molecule has 0 amide bonds. The van der Waals surface area contributed by atoms with Gasteiger partial charge >= 0.3 is 0 Å². The number of fused-ring (bicyclic) bond motifs is 6. The highest BCUT2D eigenvalue weighted by Crippen LogP contribution is 2.38. The van der Waals surface area contributed by atoms with E-state index in [0.717, 1.165) is 0 Å². The van der Waals surface area contributed by atoms with Crippen molar-refractivity contribution in [3.05, 3.63) is 114 Å². The van der Waals surface area contributed by atoms with E-state index in [9.17, 15) is 0 Å². The van der Waals surface area contributed by atoms with E-state index in [-0.39, 0.29) is 10.8 Å². The molecule has 2 heterocycles. The lowest BCUT2D eigenvalue weighted by Crippen LogP contribution is -2.10. The Morgan fingerprint density at radius 2 is 1.10 bits per heavy atom. The molecule has 0 spiro atoms. The van der Waals surface area contributed by atoms with Crippen molar-refractivity contribution in [3.8, 4) is 16.8 Å². The van der Waals surface area contributed by atoms with Crippen molar-refractivity contribution in [2.45, 2.75) is 52.4 Å². The molecule has 0 bridgehead atoms. The van der Waals surface area contributed by atoms with Crippen molar-refractivity contribution >= 4 is 43.6 Å². The van der Waals surface area contributed by atoms with Crippen LogP contribution in [0.5, 0.6) is 0 Å². The summed E-state index contributed by atoms with van der Waals surface area (Å²) >= 11 is 0. The molecule has 7 rings (SSSR count). The van der Waals surface area contributed by atoms with Crippen LogP contribution in [0.1, 0.15) is 52.7 Å². The zero-order chi connectivity index (χ0) is 27.8. The zero-order valence-electron chi connectivity index (χ0n) is 24.3. The van der Waals surface area contributed by atoms with E-state index in [4.69, 9.17) is 0 Å². The zero-order valence-corrected chi connectivity index (χ0v) is 24.3. The fourth-order valence-corrected chi connectivity index (χ4v) is 6.07. The number of hydrogen-bond acceptors (Lipinski definition) is 0. The quantitative estimate of drug-likeness (QED) is 0.234. The minimum absolute atomic E-state index is 0.0952. The van der Waals surface area contributed by atoms with Crippen molar-refractivity contribution in [2.75, 3.05) is 0 Å². The van der Waals surface area contributed by atoms with E-state index in [1.54, 1.807) is 0 Å². The van der Waals surface area contributed by atoms with E-state index < -0.39 is 0 Å². The molecule has 0 unspecified atom stereocenters. The van der Waals surface area contributed by atoms with E-state index in [2.05, 4.69) is 154 Å². The largest absolute Gasteiger partial charge is 0.354 e. The first-order valence-corrected chi connectivity index (χ1v) is 14.3. The summed E-state index contributed by atoms with van der Waals surface area (Å²) in [6, 6.07) is 38.3. The molecule has 2 heteroatoms. The summed E-state index contributed by atoms with van der Waals surface area (Å²) in [5.41, 5.74) is 11.4. The van der Waals surface area contributed by atoms with Crippen molar-refractivity contribution in [3.63, 3.8) is 0 Å². The monoisotopic (exact) mass is 520 g/mol. The summed E-state index contributed by atoms with van der Waals surface area (Å²) in [7, 11) is 0. The van der Waals surface area contributed by atoms with Crippen LogP contribution in [-0.2, 0) is 10.8 Å². The Balaban J connectivity index is 1.43. The molecule has 0 aliphatic carbocycles. The summed E-state index contributed by atoms with van der Waals surface area (Å²) in [4.78, 5) is 3.68. The highest BCUT2D eigenvalue weighted by Gasteiger charge is 2.19. The Labute approximate surface area is 236 Å². The van der Waals surface area contributed by atoms with Crippen LogP contribution in [0.25, 0.3) is 60.4 Å². The summed E-state index contributed by atoms with van der Waals surface area (Å²) < 4.78 is 2.41. The number of para-hydroxylation sites is 1. The predicted molar refractivity (Wildman–Crippen MR) is 173 cm³/mol. The summed E-state index contributed by atoms with van der Waals surface area (Å²) in [5, 5.41) is 5.16. The smallest absolute Gasteiger partial charge is 0.0547 e. The minimum atomic E-state index is 0.0952. The van der Waals surface area contributed by atoms with Gasteiger partial charge in [-0.1, -0.05) is 96.1 Å². The normalized spacial score (nSPS) is 12.8. The van der Waals surface area contributed by atoms with Gasteiger partial charge in [-0.3, -0.25) is 0 Å². The molecular weight excluding hydrogens is 484 g/mol. The van der Waals surface area contributed by atoms with Crippen LogP contribution >= 0.6 is 0 Å². The van der Waals surface area contributed by atoms with Gasteiger partial charge in [0.25, 0.3) is 0 Å². The molecule has 0 saturated heterocycles. The first kappa shape index (κ1) is 24.7. The van der Waals surface area contributed by atoms with Crippen LogP contribution in [0.3, 0.4) is 0 Å². The summed E-state index contributed by atoms with van der Waals surface area (Å²) in [5.74, 6) is 0. The lowest BCUT2D eigenvalue weighted by molar-refractivity contribution is 0.591. The van der Waals surface area contributed by atoms with Crippen molar-refractivity contribution in [1.82, 2.24) is 9.55 Å². The Hall–Kier alpha value is -4.30. The molecule has 0 saturated carbocycles. The lowest BCUT2D eigenvalue weighted by Gasteiger charge is -2.19. The molecule has 7 aromatic rings. The molecule has 5 aromatic carbocycles. The topological polar surface area (TPSA) is 20.7 Å². The second-order valence-corrected chi connectivity index (χ2v) is 13.3. The van der Waals surface area contributed by atoms with Gasteiger partial charge in [0, 0.05) is 38.3 Å². The molecular formula is C38H36N2. The van der Waals surface area contributed by atoms with Gasteiger partial charge in [0.05, 0.1) is 11.0 Å². The number of H-pyrrole nitrogens is 1. The highest BCUT2D eigenvalue weighted by atomic mass is 15.0. The van der Waals surface area contributed by atoms with Crippen LogP contribution in [0.15, 0.2) is 103 Å². The number of nitrogens with one attached hydrogen (secondary N) is 1. The maximum atomic E-state index is 3.68. The van der Waals surface area contributed by atoms with Crippen LogP contribution in [0, 0.1) is 0 Å². The molecule has 1 N–H and O–H groups in total. The molecule has 40 heavy (non-hydrogen) atoms. The first-order valence-electron chi connectivity index (χ1n) is 14.3. The average Bonchev–Trinajstić information content (AvgIpc) is 3.46.